The van der Waals surface area contributed by atoms with Crippen LogP contribution in [0.25, 0.3) is 11.0 Å². The van der Waals surface area contributed by atoms with Crippen LogP contribution in [0, 0.1) is 18.3 Å². The summed E-state index contributed by atoms with van der Waals surface area (Å²) in [6, 6.07) is 2.82. The molecule has 0 aromatic carbocycles. The van der Waals surface area contributed by atoms with Crippen LogP contribution in [-0.4, -0.2) is 9.55 Å². The molecule has 2 rings (SSSR count). The average molecular weight is 281 g/mol. The van der Waals surface area contributed by atoms with Gasteiger partial charge in [0.2, 0.25) is 0 Å². The van der Waals surface area contributed by atoms with Crippen molar-refractivity contribution in [2.45, 2.75) is 39.4 Å². The molecule has 0 amide bonds. The minimum Gasteiger partial charge on any atom is -0.326 e. The summed E-state index contributed by atoms with van der Waals surface area (Å²) < 4.78 is 41.1. The normalized spacial score (nSPS) is 12.7. The highest BCUT2D eigenvalue weighted by Gasteiger charge is 2.36. The van der Waals surface area contributed by atoms with Crippen LogP contribution in [0.2, 0.25) is 0 Å². The maximum Gasteiger partial charge on any atom is 0.417 e. The number of aromatic nitrogens is 2. The molecule has 106 valence electrons. The largest absolute Gasteiger partial charge is 0.417 e. The molecule has 0 aliphatic heterocycles. The summed E-state index contributed by atoms with van der Waals surface area (Å²) in [4.78, 5) is 4.20. The predicted octanol–water partition coefficient (Wildman–Crippen LogP) is 3.99. The van der Waals surface area contributed by atoms with Crippen molar-refractivity contribution >= 4 is 11.0 Å². The van der Waals surface area contributed by atoms with Gasteiger partial charge in [0.05, 0.1) is 11.1 Å². The van der Waals surface area contributed by atoms with Gasteiger partial charge in [-0.05, 0) is 33.8 Å². The molecule has 0 saturated carbocycles. The van der Waals surface area contributed by atoms with E-state index in [2.05, 4.69) is 4.98 Å². The summed E-state index contributed by atoms with van der Waals surface area (Å²) >= 11 is 0. The predicted molar refractivity (Wildman–Crippen MR) is 69.2 cm³/mol. The van der Waals surface area contributed by atoms with Crippen molar-refractivity contribution in [3.05, 3.63) is 29.1 Å². The molecule has 0 radical (unpaired) electrons. The number of alkyl halides is 3. The maximum atomic E-state index is 13.2. The van der Waals surface area contributed by atoms with Crippen LogP contribution in [0.3, 0.4) is 0 Å². The van der Waals surface area contributed by atoms with Crippen LogP contribution in [0.4, 0.5) is 13.2 Å². The molecule has 20 heavy (non-hydrogen) atoms. The molecule has 0 unspecified atom stereocenters. The molecule has 0 aliphatic carbocycles. The molecular weight excluding hydrogens is 267 g/mol. The SMILES string of the molecule is Cc1cc(C(F)(F)F)c2c(C#N)cn(C(C)(C)C)c2n1. The van der Waals surface area contributed by atoms with Gasteiger partial charge in [-0.1, -0.05) is 0 Å². The lowest BCUT2D eigenvalue weighted by Gasteiger charge is -2.22. The molecule has 0 spiro atoms. The first-order valence-corrected chi connectivity index (χ1v) is 6.06. The third kappa shape index (κ3) is 2.24. The number of hydrogen-bond acceptors (Lipinski definition) is 2. The molecule has 2 aromatic heterocycles. The molecule has 0 bridgehead atoms. The Balaban J connectivity index is 2.99. The van der Waals surface area contributed by atoms with Crippen molar-refractivity contribution < 1.29 is 13.2 Å². The first-order valence-electron chi connectivity index (χ1n) is 6.06. The van der Waals surface area contributed by atoms with Gasteiger partial charge in [0.1, 0.15) is 11.7 Å². The van der Waals surface area contributed by atoms with Gasteiger partial charge in [0.25, 0.3) is 0 Å². The second-order valence-electron chi connectivity index (χ2n) is 5.70. The van der Waals surface area contributed by atoms with Crippen molar-refractivity contribution in [1.82, 2.24) is 9.55 Å². The monoisotopic (exact) mass is 281 g/mol. The fourth-order valence-electron chi connectivity index (χ4n) is 2.17. The van der Waals surface area contributed by atoms with Crippen molar-refractivity contribution in [2.24, 2.45) is 0 Å². The van der Waals surface area contributed by atoms with E-state index in [-0.39, 0.29) is 22.3 Å². The standard InChI is InChI=1S/C14H14F3N3/c1-8-5-10(14(15,16)17)11-9(6-18)7-20(12(11)19-8)13(2,3)4/h5,7H,1-4H3. The van der Waals surface area contributed by atoms with Gasteiger partial charge in [-0.2, -0.15) is 18.4 Å². The average Bonchev–Trinajstić information content (AvgIpc) is 2.64. The third-order valence-electron chi connectivity index (χ3n) is 3.03. The summed E-state index contributed by atoms with van der Waals surface area (Å²) in [7, 11) is 0. The fourth-order valence-corrected chi connectivity index (χ4v) is 2.17. The summed E-state index contributed by atoms with van der Waals surface area (Å²) in [6.45, 7) is 7.07. The third-order valence-corrected chi connectivity index (χ3v) is 3.03. The first-order chi connectivity index (χ1) is 9.05. The zero-order valence-corrected chi connectivity index (χ0v) is 11.6. The highest BCUT2D eigenvalue weighted by molar-refractivity contribution is 5.87. The second kappa shape index (κ2) is 4.23. The van der Waals surface area contributed by atoms with E-state index in [9.17, 15) is 13.2 Å². The van der Waals surface area contributed by atoms with E-state index >= 15 is 0 Å². The molecule has 2 aromatic rings. The van der Waals surface area contributed by atoms with Gasteiger partial charge in [0, 0.05) is 22.8 Å². The van der Waals surface area contributed by atoms with Crippen molar-refractivity contribution in [3.8, 4) is 6.07 Å². The van der Waals surface area contributed by atoms with Crippen molar-refractivity contribution in [2.75, 3.05) is 0 Å². The number of nitriles is 1. The van der Waals surface area contributed by atoms with Gasteiger partial charge >= 0.3 is 6.18 Å². The minimum absolute atomic E-state index is 0.00486. The Morgan fingerprint density at radius 1 is 1.25 bits per heavy atom. The molecule has 0 fully saturated rings. The van der Waals surface area contributed by atoms with E-state index < -0.39 is 17.3 Å². The highest BCUT2D eigenvalue weighted by atomic mass is 19.4. The summed E-state index contributed by atoms with van der Waals surface area (Å²) in [5, 5.41) is 8.99. The number of rotatable bonds is 0. The molecule has 0 atom stereocenters. The lowest BCUT2D eigenvalue weighted by Crippen LogP contribution is -2.21. The van der Waals surface area contributed by atoms with E-state index in [0.717, 1.165) is 6.07 Å². The Labute approximate surface area is 114 Å². The molecule has 2 heterocycles. The quantitative estimate of drug-likeness (QED) is 0.732. The van der Waals surface area contributed by atoms with E-state index in [0.29, 0.717) is 0 Å². The van der Waals surface area contributed by atoms with Gasteiger partial charge < -0.3 is 4.57 Å². The zero-order chi connectivity index (χ0) is 15.3. The van der Waals surface area contributed by atoms with Gasteiger partial charge in [-0.25, -0.2) is 4.98 Å². The smallest absolute Gasteiger partial charge is 0.326 e. The summed E-state index contributed by atoms with van der Waals surface area (Å²) in [5.41, 5.74) is -0.801. The van der Waals surface area contributed by atoms with Crippen LogP contribution in [0.15, 0.2) is 12.3 Å². The molecular formula is C14H14F3N3. The van der Waals surface area contributed by atoms with Gasteiger partial charge in [-0.3, -0.25) is 0 Å². The van der Waals surface area contributed by atoms with Crippen LogP contribution >= 0.6 is 0 Å². The molecule has 0 aliphatic rings. The zero-order valence-electron chi connectivity index (χ0n) is 11.6. The topological polar surface area (TPSA) is 41.6 Å². The Kier molecular flexibility index (Phi) is 3.04. The second-order valence-corrected chi connectivity index (χ2v) is 5.70. The van der Waals surface area contributed by atoms with E-state index in [1.807, 2.05) is 26.8 Å². The molecule has 0 N–H and O–H groups in total. The van der Waals surface area contributed by atoms with Crippen LogP contribution in [-0.2, 0) is 11.7 Å². The Morgan fingerprint density at radius 2 is 1.85 bits per heavy atom. The van der Waals surface area contributed by atoms with Crippen LogP contribution < -0.4 is 0 Å². The number of hydrogen-bond donors (Lipinski definition) is 0. The Hall–Kier alpha value is -2.03. The summed E-state index contributed by atoms with van der Waals surface area (Å²) in [5.74, 6) is 0. The number of aryl methyl sites for hydroxylation is 1. The maximum absolute atomic E-state index is 13.2. The van der Waals surface area contributed by atoms with Gasteiger partial charge in [-0.15, -0.1) is 0 Å². The first kappa shape index (κ1) is 14.4. The fraction of sp³-hybridized carbons (Fsp3) is 0.429. The number of halogens is 3. The number of fused-ring (bicyclic) bond motifs is 1. The van der Waals surface area contributed by atoms with E-state index in [4.69, 9.17) is 5.26 Å². The lowest BCUT2D eigenvalue weighted by atomic mass is 10.1. The molecule has 6 heteroatoms. The van der Waals surface area contributed by atoms with E-state index in [1.54, 1.807) is 4.57 Å². The Bertz CT molecular complexity index is 712. The number of nitrogens with zero attached hydrogens (tertiary/aromatic N) is 3. The minimum atomic E-state index is -4.51. The Morgan fingerprint density at radius 3 is 2.30 bits per heavy atom. The number of pyridine rings is 1. The molecule has 0 saturated heterocycles. The van der Waals surface area contributed by atoms with Crippen molar-refractivity contribution in [3.63, 3.8) is 0 Å². The van der Waals surface area contributed by atoms with Crippen LogP contribution in [0.5, 0.6) is 0 Å². The summed E-state index contributed by atoms with van der Waals surface area (Å²) in [6.07, 6.45) is -3.08. The van der Waals surface area contributed by atoms with Crippen molar-refractivity contribution in [1.29, 1.82) is 5.26 Å². The lowest BCUT2D eigenvalue weighted by molar-refractivity contribution is -0.136. The van der Waals surface area contributed by atoms with Crippen LogP contribution in [0.1, 0.15) is 37.6 Å². The van der Waals surface area contributed by atoms with Gasteiger partial charge in [0.15, 0.2) is 0 Å². The van der Waals surface area contributed by atoms with E-state index in [1.165, 1.54) is 13.1 Å². The highest BCUT2D eigenvalue weighted by Crippen LogP contribution is 2.38. The molecule has 3 nitrogen and oxygen atoms in total.